The lowest BCUT2D eigenvalue weighted by Gasteiger charge is -2.25. The number of likely N-dealkylation sites (tertiary alicyclic amines) is 1. The molecule has 1 aromatic rings. The monoisotopic (exact) mass is 340 g/mol. The van der Waals surface area contributed by atoms with Gasteiger partial charge in [0.05, 0.1) is 12.6 Å². The summed E-state index contributed by atoms with van der Waals surface area (Å²) >= 11 is 5.90. The third kappa shape index (κ3) is 5.37. The third-order valence-corrected chi connectivity index (χ3v) is 3.98. The number of amides is 1. The van der Waals surface area contributed by atoms with Gasteiger partial charge in [-0.2, -0.15) is 0 Å². The number of hydrogen-bond donors (Lipinski definition) is 2. The van der Waals surface area contributed by atoms with Gasteiger partial charge in [0.1, 0.15) is 5.60 Å². The van der Waals surface area contributed by atoms with Crippen LogP contribution in [-0.2, 0) is 4.74 Å². The van der Waals surface area contributed by atoms with Gasteiger partial charge in [-0.1, -0.05) is 23.7 Å². The van der Waals surface area contributed by atoms with E-state index in [2.05, 4.69) is 5.32 Å². The summed E-state index contributed by atoms with van der Waals surface area (Å²) in [5, 5.41) is 13.7. The van der Waals surface area contributed by atoms with Crippen LogP contribution in [0.25, 0.3) is 0 Å². The molecule has 1 fully saturated rings. The van der Waals surface area contributed by atoms with E-state index in [0.29, 0.717) is 18.1 Å². The van der Waals surface area contributed by atoms with E-state index in [-0.39, 0.29) is 24.8 Å². The summed E-state index contributed by atoms with van der Waals surface area (Å²) in [6.07, 6.45) is 0.553. The van der Waals surface area contributed by atoms with Crippen molar-refractivity contribution in [2.24, 2.45) is 0 Å². The van der Waals surface area contributed by atoms with E-state index in [0.717, 1.165) is 12.0 Å². The SMILES string of the molecule is CC(C)(C)OC(=O)N1CCC(NC(CO)c2ccc(Cl)cc2)C1. The summed E-state index contributed by atoms with van der Waals surface area (Å²) in [6, 6.07) is 7.38. The molecule has 2 unspecified atom stereocenters. The number of nitrogens with one attached hydrogen (secondary N) is 1. The number of hydrogen-bond acceptors (Lipinski definition) is 4. The molecule has 0 aromatic heterocycles. The van der Waals surface area contributed by atoms with Crippen LogP contribution >= 0.6 is 11.6 Å². The molecule has 0 bridgehead atoms. The predicted molar refractivity (Wildman–Crippen MR) is 90.6 cm³/mol. The summed E-state index contributed by atoms with van der Waals surface area (Å²) in [5.74, 6) is 0. The summed E-state index contributed by atoms with van der Waals surface area (Å²) in [4.78, 5) is 13.8. The van der Waals surface area contributed by atoms with Crippen molar-refractivity contribution in [3.63, 3.8) is 0 Å². The van der Waals surface area contributed by atoms with E-state index in [1.165, 1.54) is 0 Å². The fourth-order valence-corrected chi connectivity index (χ4v) is 2.75. The molecule has 1 aromatic carbocycles. The highest BCUT2D eigenvalue weighted by Crippen LogP contribution is 2.20. The third-order valence-electron chi connectivity index (χ3n) is 3.73. The summed E-state index contributed by atoms with van der Waals surface area (Å²) in [6.45, 7) is 6.81. The zero-order chi connectivity index (χ0) is 17.0. The highest BCUT2D eigenvalue weighted by molar-refractivity contribution is 6.30. The lowest BCUT2D eigenvalue weighted by molar-refractivity contribution is 0.0290. The summed E-state index contributed by atoms with van der Waals surface area (Å²) in [7, 11) is 0. The molecule has 1 aliphatic rings. The van der Waals surface area contributed by atoms with Gasteiger partial charge in [-0.3, -0.25) is 0 Å². The molecule has 128 valence electrons. The number of aliphatic hydroxyl groups is 1. The van der Waals surface area contributed by atoms with Gasteiger partial charge in [-0.15, -0.1) is 0 Å². The molecule has 6 heteroatoms. The van der Waals surface area contributed by atoms with E-state index in [4.69, 9.17) is 16.3 Å². The van der Waals surface area contributed by atoms with Crippen LogP contribution < -0.4 is 5.32 Å². The van der Waals surface area contributed by atoms with Gasteiger partial charge >= 0.3 is 6.09 Å². The second-order valence-corrected chi connectivity index (χ2v) is 7.30. The van der Waals surface area contributed by atoms with Gasteiger partial charge < -0.3 is 20.1 Å². The van der Waals surface area contributed by atoms with Crippen LogP contribution in [0.1, 0.15) is 38.8 Å². The lowest BCUT2D eigenvalue weighted by atomic mass is 10.1. The zero-order valence-corrected chi connectivity index (χ0v) is 14.6. The molecule has 2 rings (SSSR count). The van der Waals surface area contributed by atoms with Gasteiger partial charge in [0, 0.05) is 24.2 Å². The molecule has 0 radical (unpaired) electrons. The van der Waals surface area contributed by atoms with Crippen molar-refractivity contribution in [2.45, 2.75) is 44.9 Å². The Hall–Kier alpha value is -1.30. The number of rotatable bonds is 4. The van der Waals surface area contributed by atoms with Gasteiger partial charge in [-0.05, 0) is 44.9 Å². The van der Waals surface area contributed by atoms with Gasteiger partial charge in [0.15, 0.2) is 0 Å². The molecule has 0 spiro atoms. The predicted octanol–water partition coefficient (Wildman–Crippen LogP) is 2.97. The number of halogens is 1. The Morgan fingerprint density at radius 3 is 2.65 bits per heavy atom. The maximum Gasteiger partial charge on any atom is 0.410 e. The van der Waals surface area contributed by atoms with Gasteiger partial charge in [-0.25, -0.2) is 4.79 Å². The molecular formula is C17H25ClN2O3. The molecule has 5 nitrogen and oxygen atoms in total. The molecule has 2 atom stereocenters. The van der Waals surface area contributed by atoms with E-state index in [9.17, 15) is 9.90 Å². The smallest absolute Gasteiger partial charge is 0.410 e. The molecule has 1 heterocycles. The molecule has 0 saturated carbocycles. The van der Waals surface area contributed by atoms with Crippen molar-refractivity contribution >= 4 is 17.7 Å². The number of nitrogens with zero attached hydrogens (tertiary/aromatic N) is 1. The van der Waals surface area contributed by atoms with Crippen LogP contribution in [0.3, 0.4) is 0 Å². The topological polar surface area (TPSA) is 61.8 Å². The van der Waals surface area contributed by atoms with Crippen molar-refractivity contribution < 1.29 is 14.6 Å². The minimum Gasteiger partial charge on any atom is -0.444 e. The molecule has 23 heavy (non-hydrogen) atoms. The van der Waals surface area contributed by atoms with Crippen LogP contribution in [0.4, 0.5) is 4.79 Å². The highest BCUT2D eigenvalue weighted by atomic mass is 35.5. The van der Waals surface area contributed by atoms with Crippen molar-refractivity contribution in [2.75, 3.05) is 19.7 Å². The number of aliphatic hydroxyl groups excluding tert-OH is 1. The van der Waals surface area contributed by atoms with Gasteiger partial charge in [0.2, 0.25) is 0 Å². The molecule has 0 aliphatic carbocycles. The maximum absolute atomic E-state index is 12.1. The minimum absolute atomic E-state index is 0.00936. The van der Waals surface area contributed by atoms with E-state index >= 15 is 0 Å². The van der Waals surface area contributed by atoms with Crippen molar-refractivity contribution in [3.05, 3.63) is 34.9 Å². The van der Waals surface area contributed by atoms with Crippen molar-refractivity contribution in [1.82, 2.24) is 10.2 Å². The van der Waals surface area contributed by atoms with Crippen LogP contribution in [0.15, 0.2) is 24.3 Å². The fourth-order valence-electron chi connectivity index (χ4n) is 2.62. The molecule has 1 amide bonds. The Bertz CT molecular complexity index is 528. The molecular weight excluding hydrogens is 316 g/mol. The highest BCUT2D eigenvalue weighted by Gasteiger charge is 2.30. The first-order chi connectivity index (χ1) is 10.8. The van der Waals surface area contributed by atoms with Crippen molar-refractivity contribution in [3.8, 4) is 0 Å². The molecule has 1 saturated heterocycles. The fraction of sp³-hybridized carbons (Fsp3) is 0.588. The van der Waals surface area contributed by atoms with Crippen LogP contribution in [0.5, 0.6) is 0 Å². The molecule has 2 N–H and O–H groups in total. The largest absolute Gasteiger partial charge is 0.444 e. The lowest BCUT2D eigenvalue weighted by Crippen LogP contribution is -2.40. The Morgan fingerprint density at radius 2 is 2.09 bits per heavy atom. The Balaban J connectivity index is 1.91. The number of ether oxygens (including phenoxy) is 1. The second-order valence-electron chi connectivity index (χ2n) is 6.87. The summed E-state index contributed by atoms with van der Waals surface area (Å²) in [5.41, 5.74) is 0.493. The first-order valence-corrected chi connectivity index (χ1v) is 8.26. The number of carbonyl (C=O) groups is 1. The van der Waals surface area contributed by atoms with E-state index in [1.54, 1.807) is 4.90 Å². The van der Waals surface area contributed by atoms with Gasteiger partial charge in [0.25, 0.3) is 0 Å². The average Bonchev–Trinajstić information content (AvgIpc) is 2.93. The standard InChI is InChI=1S/C17H25ClN2O3/c1-17(2,3)23-16(22)20-9-8-14(10-20)19-15(11-21)12-4-6-13(18)7-5-12/h4-7,14-15,19,21H,8-11H2,1-3H3. The van der Waals surface area contributed by atoms with E-state index < -0.39 is 5.60 Å². The maximum atomic E-state index is 12.1. The first-order valence-electron chi connectivity index (χ1n) is 7.89. The normalized spacial score (nSPS) is 19.7. The van der Waals surface area contributed by atoms with Crippen LogP contribution in [-0.4, -0.2) is 47.4 Å². The van der Waals surface area contributed by atoms with Crippen LogP contribution in [0.2, 0.25) is 5.02 Å². The Kier molecular flexibility index (Phi) is 5.89. The van der Waals surface area contributed by atoms with E-state index in [1.807, 2.05) is 45.0 Å². The minimum atomic E-state index is -0.487. The number of carbonyl (C=O) groups excluding carboxylic acids is 1. The number of benzene rings is 1. The van der Waals surface area contributed by atoms with Crippen molar-refractivity contribution in [1.29, 1.82) is 0 Å². The Labute approximate surface area is 142 Å². The second kappa shape index (κ2) is 7.51. The first kappa shape index (κ1) is 18.0. The Morgan fingerprint density at radius 1 is 1.43 bits per heavy atom. The quantitative estimate of drug-likeness (QED) is 0.884. The average molecular weight is 341 g/mol. The van der Waals surface area contributed by atoms with Crippen LogP contribution in [0, 0.1) is 0 Å². The zero-order valence-electron chi connectivity index (χ0n) is 13.9. The summed E-state index contributed by atoms with van der Waals surface area (Å²) < 4.78 is 5.39. The molecule has 1 aliphatic heterocycles.